The number of rotatable bonds is 4. The number of carbonyl (C=O) groups excluding carboxylic acids is 1. The Morgan fingerprint density at radius 1 is 1.48 bits per heavy atom. The van der Waals surface area contributed by atoms with Crippen LogP contribution in [0.3, 0.4) is 0 Å². The first-order valence-electron chi connectivity index (χ1n) is 7.40. The highest BCUT2D eigenvalue weighted by atomic mass is 32.2. The van der Waals surface area contributed by atoms with Crippen LogP contribution in [0.4, 0.5) is 0 Å². The first kappa shape index (κ1) is 15.9. The predicted octanol–water partition coefficient (Wildman–Crippen LogP) is 0.658. The van der Waals surface area contributed by atoms with Crippen LogP contribution in [0.25, 0.3) is 5.52 Å². The van der Waals surface area contributed by atoms with Crippen molar-refractivity contribution in [3.63, 3.8) is 0 Å². The van der Waals surface area contributed by atoms with Gasteiger partial charge in [-0.1, -0.05) is 0 Å². The Morgan fingerprint density at radius 2 is 2.30 bits per heavy atom. The summed E-state index contributed by atoms with van der Waals surface area (Å²) in [5.74, 6) is -0.129. The van der Waals surface area contributed by atoms with E-state index >= 15 is 0 Å². The number of amides is 1. The van der Waals surface area contributed by atoms with Gasteiger partial charge in [0.15, 0.2) is 9.84 Å². The van der Waals surface area contributed by atoms with E-state index in [2.05, 4.69) is 10.4 Å². The lowest BCUT2D eigenvalue weighted by molar-refractivity contribution is -0.000108. The predicted molar refractivity (Wildman–Crippen MR) is 85.2 cm³/mol. The molecule has 1 saturated heterocycles. The van der Waals surface area contributed by atoms with E-state index in [9.17, 15) is 13.2 Å². The number of methoxy groups -OCH3 is 1. The fourth-order valence-electron chi connectivity index (χ4n) is 2.94. The molecule has 0 radical (unpaired) electrons. The SMILES string of the molecule is COC1(CNC(=O)c2ccn3nccc3c2)CCCS(=O)(=O)C1. The van der Waals surface area contributed by atoms with Crippen LogP contribution in [-0.2, 0) is 14.6 Å². The van der Waals surface area contributed by atoms with Gasteiger partial charge in [-0.3, -0.25) is 4.79 Å². The first-order chi connectivity index (χ1) is 10.9. The van der Waals surface area contributed by atoms with E-state index in [4.69, 9.17) is 4.74 Å². The summed E-state index contributed by atoms with van der Waals surface area (Å²) in [4.78, 5) is 12.3. The van der Waals surface area contributed by atoms with E-state index in [1.165, 1.54) is 7.11 Å². The van der Waals surface area contributed by atoms with Gasteiger partial charge in [0.2, 0.25) is 0 Å². The van der Waals surface area contributed by atoms with Crippen molar-refractivity contribution < 1.29 is 17.9 Å². The van der Waals surface area contributed by atoms with Gasteiger partial charge in [0, 0.05) is 31.6 Å². The van der Waals surface area contributed by atoms with Gasteiger partial charge in [0.05, 0.1) is 22.6 Å². The van der Waals surface area contributed by atoms with Gasteiger partial charge in [0.1, 0.15) is 0 Å². The molecular weight excluding hydrogens is 318 g/mol. The Kier molecular flexibility index (Phi) is 4.11. The van der Waals surface area contributed by atoms with Gasteiger partial charge in [-0.25, -0.2) is 12.9 Å². The van der Waals surface area contributed by atoms with E-state index in [-0.39, 0.29) is 24.0 Å². The quantitative estimate of drug-likeness (QED) is 0.885. The fraction of sp³-hybridized carbons (Fsp3) is 0.467. The molecule has 3 rings (SSSR count). The molecule has 124 valence electrons. The number of ether oxygens (including phenoxy) is 1. The van der Waals surface area contributed by atoms with Crippen LogP contribution in [-0.4, -0.2) is 54.7 Å². The summed E-state index contributed by atoms with van der Waals surface area (Å²) < 4.78 is 30.8. The lowest BCUT2D eigenvalue weighted by Gasteiger charge is -2.35. The summed E-state index contributed by atoms with van der Waals surface area (Å²) in [6, 6.07) is 5.22. The van der Waals surface area contributed by atoms with Crippen LogP contribution < -0.4 is 5.32 Å². The van der Waals surface area contributed by atoms with Crippen molar-refractivity contribution in [1.29, 1.82) is 0 Å². The first-order valence-corrected chi connectivity index (χ1v) is 9.22. The van der Waals surface area contributed by atoms with Gasteiger partial charge in [-0.05, 0) is 31.0 Å². The van der Waals surface area contributed by atoms with Crippen LogP contribution in [0.15, 0.2) is 30.6 Å². The highest BCUT2D eigenvalue weighted by Gasteiger charge is 2.39. The largest absolute Gasteiger partial charge is 0.375 e. The maximum absolute atomic E-state index is 12.3. The summed E-state index contributed by atoms with van der Waals surface area (Å²) in [5.41, 5.74) is 0.482. The monoisotopic (exact) mass is 337 g/mol. The zero-order chi connectivity index (χ0) is 16.5. The molecule has 1 atom stereocenters. The zero-order valence-electron chi connectivity index (χ0n) is 12.9. The zero-order valence-corrected chi connectivity index (χ0v) is 13.7. The molecule has 7 nitrogen and oxygen atoms in total. The molecule has 1 N–H and O–H groups in total. The normalized spacial score (nSPS) is 23.7. The molecule has 0 aromatic carbocycles. The summed E-state index contributed by atoms with van der Waals surface area (Å²) in [5, 5.41) is 6.87. The van der Waals surface area contributed by atoms with Crippen molar-refractivity contribution in [2.45, 2.75) is 18.4 Å². The van der Waals surface area contributed by atoms with Crippen LogP contribution in [0.5, 0.6) is 0 Å². The second kappa shape index (κ2) is 5.93. The maximum Gasteiger partial charge on any atom is 0.251 e. The molecule has 0 aliphatic carbocycles. The number of fused-ring (bicyclic) bond motifs is 1. The molecule has 1 amide bonds. The summed E-state index contributed by atoms with van der Waals surface area (Å²) in [6.07, 6.45) is 4.53. The van der Waals surface area contributed by atoms with E-state index < -0.39 is 15.4 Å². The third-order valence-corrected chi connectivity index (χ3v) is 6.11. The average Bonchev–Trinajstić information content (AvgIpc) is 2.99. The minimum atomic E-state index is -3.12. The Balaban J connectivity index is 1.72. The highest BCUT2D eigenvalue weighted by molar-refractivity contribution is 7.91. The molecule has 23 heavy (non-hydrogen) atoms. The third kappa shape index (κ3) is 3.37. The van der Waals surface area contributed by atoms with Gasteiger partial charge >= 0.3 is 0 Å². The highest BCUT2D eigenvalue weighted by Crippen LogP contribution is 2.25. The Hall–Kier alpha value is -1.93. The van der Waals surface area contributed by atoms with Gasteiger partial charge in [-0.15, -0.1) is 0 Å². The fourth-order valence-corrected chi connectivity index (χ4v) is 4.83. The molecule has 2 aromatic heterocycles. The molecule has 1 fully saturated rings. The molecule has 8 heteroatoms. The number of carbonyl (C=O) groups is 1. The molecule has 0 bridgehead atoms. The summed E-state index contributed by atoms with van der Waals surface area (Å²) >= 11 is 0. The molecule has 1 aliphatic heterocycles. The van der Waals surface area contributed by atoms with E-state index in [0.29, 0.717) is 18.4 Å². The molecular formula is C15H19N3O4S. The number of hydrogen-bond acceptors (Lipinski definition) is 5. The number of nitrogens with one attached hydrogen (secondary N) is 1. The number of aromatic nitrogens is 2. The van der Waals surface area contributed by atoms with Crippen molar-refractivity contribution in [2.24, 2.45) is 0 Å². The molecule has 1 unspecified atom stereocenters. The third-order valence-electron chi connectivity index (χ3n) is 4.24. The number of hydrogen-bond donors (Lipinski definition) is 1. The maximum atomic E-state index is 12.3. The number of sulfone groups is 1. The van der Waals surface area contributed by atoms with Crippen LogP contribution in [0.2, 0.25) is 0 Å². The molecule has 0 saturated carbocycles. The minimum absolute atomic E-state index is 0.0571. The van der Waals surface area contributed by atoms with Gasteiger partial charge < -0.3 is 10.1 Å². The second-order valence-electron chi connectivity index (χ2n) is 5.88. The summed E-state index contributed by atoms with van der Waals surface area (Å²) in [7, 11) is -1.63. The van der Waals surface area contributed by atoms with Gasteiger partial charge in [0.25, 0.3) is 5.91 Å². The molecule has 1 aliphatic rings. The second-order valence-corrected chi connectivity index (χ2v) is 8.07. The molecule has 3 heterocycles. The van der Waals surface area contributed by atoms with E-state index in [1.54, 1.807) is 35.1 Å². The van der Waals surface area contributed by atoms with Crippen molar-refractivity contribution >= 4 is 21.3 Å². The lowest BCUT2D eigenvalue weighted by Crippen LogP contribution is -2.52. The Labute approximate surface area is 134 Å². The molecule has 2 aromatic rings. The Morgan fingerprint density at radius 3 is 3.04 bits per heavy atom. The van der Waals surface area contributed by atoms with Crippen LogP contribution in [0.1, 0.15) is 23.2 Å². The van der Waals surface area contributed by atoms with E-state index in [0.717, 1.165) is 5.52 Å². The van der Waals surface area contributed by atoms with E-state index in [1.807, 2.05) is 0 Å². The lowest BCUT2D eigenvalue weighted by atomic mass is 9.99. The van der Waals surface area contributed by atoms with Crippen molar-refractivity contribution in [2.75, 3.05) is 25.2 Å². The average molecular weight is 337 g/mol. The van der Waals surface area contributed by atoms with Gasteiger partial charge in [-0.2, -0.15) is 5.10 Å². The number of nitrogens with zero attached hydrogens (tertiary/aromatic N) is 2. The smallest absolute Gasteiger partial charge is 0.251 e. The van der Waals surface area contributed by atoms with Crippen molar-refractivity contribution in [3.05, 3.63) is 36.2 Å². The topological polar surface area (TPSA) is 89.8 Å². The number of pyridine rings is 1. The molecule has 0 spiro atoms. The minimum Gasteiger partial charge on any atom is -0.375 e. The Bertz CT molecular complexity index is 830. The van der Waals surface area contributed by atoms with Crippen LogP contribution >= 0.6 is 0 Å². The van der Waals surface area contributed by atoms with Crippen molar-refractivity contribution in [1.82, 2.24) is 14.9 Å². The van der Waals surface area contributed by atoms with Crippen molar-refractivity contribution in [3.8, 4) is 0 Å². The standard InChI is InChI=1S/C15H19N3O4S/c1-22-15(5-2-8-23(20,21)11-15)10-16-14(19)12-4-7-18-13(9-12)3-6-17-18/h3-4,6-7,9H,2,5,8,10-11H2,1H3,(H,16,19). The van der Waals surface area contributed by atoms with Crippen LogP contribution in [0, 0.1) is 0 Å². The summed E-state index contributed by atoms with van der Waals surface area (Å²) in [6.45, 7) is 0.173.